The van der Waals surface area contributed by atoms with Crippen LogP contribution in [0.25, 0.3) is 0 Å². The van der Waals surface area contributed by atoms with Gasteiger partial charge >= 0.3 is 5.97 Å². The van der Waals surface area contributed by atoms with E-state index in [1.807, 2.05) is 16.7 Å². The van der Waals surface area contributed by atoms with Crippen molar-refractivity contribution >= 4 is 17.6 Å². The molecule has 5 heteroatoms. The van der Waals surface area contributed by atoms with Gasteiger partial charge in [0.1, 0.15) is 5.82 Å². The fourth-order valence-electron chi connectivity index (χ4n) is 2.21. The molecule has 4 nitrogen and oxygen atoms in total. The fourth-order valence-corrected chi connectivity index (χ4v) is 2.38. The summed E-state index contributed by atoms with van der Waals surface area (Å²) >= 11 is 5.94. The summed E-state index contributed by atoms with van der Waals surface area (Å²) in [7, 11) is 1.35. The lowest BCUT2D eigenvalue weighted by Crippen LogP contribution is -2.09. The van der Waals surface area contributed by atoms with Crippen LogP contribution in [0.3, 0.4) is 0 Å². The van der Waals surface area contributed by atoms with Crippen LogP contribution < -0.4 is 0 Å². The molecule has 0 bridgehead atoms. The molecule has 0 aliphatic heterocycles. The second-order valence-electron chi connectivity index (χ2n) is 5.01. The molecular formula is C17H21ClN2O2. The SMILES string of the molecule is [3H]c1nc(CCCC)n(Cc2ccc(C(=O)OC)cc2)c1C([3H])Cl. The lowest BCUT2D eigenvalue weighted by molar-refractivity contribution is 0.0600. The van der Waals surface area contributed by atoms with Crippen molar-refractivity contribution in [2.24, 2.45) is 0 Å². The summed E-state index contributed by atoms with van der Waals surface area (Å²) in [6.45, 7) is 2.56. The topological polar surface area (TPSA) is 44.1 Å². The molecule has 0 saturated heterocycles. The van der Waals surface area contributed by atoms with Gasteiger partial charge in [0, 0.05) is 19.1 Å². The highest BCUT2D eigenvalue weighted by Crippen LogP contribution is 2.15. The molecule has 0 N–H and O–H groups in total. The van der Waals surface area contributed by atoms with Crippen LogP contribution in [0.4, 0.5) is 0 Å². The second-order valence-corrected chi connectivity index (χ2v) is 5.23. The van der Waals surface area contributed by atoms with Crippen molar-refractivity contribution in [2.75, 3.05) is 7.11 Å². The van der Waals surface area contributed by atoms with Crippen LogP contribution in [-0.2, 0) is 23.6 Å². The molecule has 2 rings (SSSR count). The minimum atomic E-state index is -1.03. The maximum atomic E-state index is 11.5. The van der Waals surface area contributed by atoms with E-state index in [2.05, 4.69) is 11.9 Å². The number of aryl methyl sites for hydroxylation is 1. The van der Waals surface area contributed by atoms with Gasteiger partial charge in [0.15, 0.2) is 0 Å². The van der Waals surface area contributed by atoms with Gasteiger partial charge in [0.25, 0.3) is 0 Å². The molecule has 0 aliphatic rings. The van der Waals surface area contributed by atoms with E-state index in [0.717, 1.165) is 30.7 Å². The molecule has 0 radical (unpaired) electrons. The van der Waals surface area contributed by atoms with Crippen LogP contribution in [-0.4, -0.2) is 22.6 Å². The zero-order valence-electron chi connectivity index (χ0n) is 14.8. The number of alkyl halides is 1. The minimum absolute atomic E-state index is 0.0577. The first kappa shape index (κ1) is 13.8. The summed E-state index contributed by atoms with van der Waals surface area (Å²) < 4.78 is 22.3. The lowest BCUT2D eigenvalue weighted by Gasteiger charge is -2.11. The Hall–Kier alpha value is -1.81. The average molecular weight is 325 g/mol. The van der Waals surface area contributed by atoms with E-state index in [1.54, 1.807) is 12.1 Å². The standard InChI is InChI=1S/C17H21ClN2O2/c1-3-4-5-16-19-11-15(10-18)20(16)12-13-6-8-14(9-7-13)17(21)22-2/h6-9,11H,3-5,10,12H2,1-2H3/i10T,11T. The number of methoxy groups -OCH3 is 1. The third-order valence-corrected chi connectivity index (χ3v) is 3.68. The number of imidazole rings is 1. The number of rotatable bonds is 7. The summed E-state index contributed by atoms with van der Waals surface area (Å²) in [4.78, 5) is 15.8. The van der Waals surface area contributed by atoms with Crippen molar-refractivity contribution in [3.05, 3.63) is 53.1 Å². The molecule has 2 aromatic rings. The Morgan fingerprint density at radius 2 is 2.18 bits per heavy atom. The largest absolute Gasteiger partial charge is 0.465 e. The lowest BCUT2D eigenvalue weighted by atomic mass is 10.1. The molecule has 118 valence electrons. The summed E-state index contributed by atoms with van der Waals surface area (Å²) in [5.74, 6) is -0.643. The second kappa shape index (κ2) is 7.99. The van der Waals surface area contributed by atoms with Crippen molar-refractivity contribution in [2.45, 2.75) is 38.6 Å². The van der Waals surface area contributed by atoms with E-state index >= 15 is 0 Å². The number of aromatic nitrogens is 2. The monoisotopic (exact) mass is 324 g/mol. The molecule has 0 saturated carbocycles. The Morgan fingerprint density at radius 1 is 1.45 bits per heavy atom. The van der Waals surface area contributed by atoms with Crippen LogP contribution >= 0.6 is 11.6 Å². The predicted molar refractivity (Wildman–Crippen MR) is 87.3 cm³/mol. The van der Waals surface area contributed by atoms with Crippen molar-refractivity contribution in [1.29, 1.82) is 0 Å². The fraction of sp³-hybridized carbons (Fsp3) is 0.412. The molecular weight excluding hydrogens is 300 g/mol. The van der Waals surface area contributed by atoms with Gasteiger partial charge in [-0.1, -0.05) is 25.5 Å². The van der Waals surface area contributed by atoms with Crippen LogP contribution in [0.15, 0.2) is 30.4 Å². The van der Waals surface area contributed by atoms with Crippen molar-refractivity contribution in [1.82, 2.24) is 9.55 Å². The molecule has 1 atom stereocenters. The molecule has 0 spiro atoms. The number of carbonyl (C=O) groups is 1. The number of unbranched alkanes of at least 4 members (excludes halogenated alkanes) is 1. The summed E-state index contributed by atoms with van der Waals surface area (Å²) in [6.07, 6.45) is 2.78. The molecule has 0 aliphatic carbocycles. The zero-order chi connectivity index (χ0) is 17.7. The number of ether oxygens (including phenoxy) is 1. The number of benzene rings is 1. The smallest absolute Gasteiger partial charge is 0.337 e. The zero-order valence-corrected chi connectivity index (χ0v) is 13.6. The van der Waals surface area contributed by atoms with Crippen LogP contribution in [0.5, 0.6) is 0 Å². The first-order valence-electron chi connectivity index (χ1n) is 8.35. The number of hydrogen-bond acceptors (Lipinski definition) is 3. The summed E-state index contributed by atoms with van der Waals surface area (Å²) in [5.41, 5.74) is 1.83. The first-order chi connectivity index (χ1) is 11.5. The van der Waals surface area contributed by atoms with Gasteiger partial charge in [-0.2, -0.15) is 0 Å². The van der Waals surface area contributed by atoms with Gasteiger partial charge < -0.3 is 9.30 Å². The van der Waals surface area contributed by atoms with Crippen molar-refractivity contribution in [3.8, 4) is 0 Å². The van der Waals surface area contributed by atoms with Gasteiger partial charge in [0.2, 0.25) is 0 Å². The van der Waals surface area contributed by atoms with Gasteiger partial charge in [-0.05, 0) is 24.1 Å². The van der Waals surface area contributed by atoms with Crippen molar-refractivity contribution in [3.63, 3.8) is 0 Å². The highest BCUT2D eigenvalue weighted by molar-refractivity contribution is 6.16. The number of esters is 1. The highest BCUT2D eigenvalue weighted by Gasteiger charge is 2.10. The Morgan fingerprint density at radius 3 is 2.77 bits per heavy atom. The summed E-state index contributed by atoms with van der Waals surface area (Å²) in [5, 5.41) is 0. The highest BCUT2D eigenvalue weighted by atomic mass is 35.5. The number of halogens is 1. The average Bonchev–Trinajstić information content (AvgIpc) is 2.88. The number of nitrogens with zero attached hydrogens (tertiary/aromatic N) is 2. The van der Waals surface area contributed by atoms with Gasteiger partial charge in [-0.15, -0.1) is 11.6 Å². The van der Waals surface area contributed by atoms with E-state index in [1.165, 1.54) is 7.11 Å². The van der Waals surface area contributed by atoms with E-state index in [0.29, 0.717) is 17.8 Å². The Balaban J connectivity index is 2.31. The van der Waals surface area contributed by atoms with Crippen LogP contribution in [0, 0.1) is 0 Å². The maximum Gasteiger partial charge on any atom is 0.337 e. The summed E-state index contributed by atoms with van der Waals surface area (Å²) in [6, 6.07) is 7.06. The third-order valence-electron chi connectivity index (χ3n) is 3.47. The van der Waals surface area contributed by atoms with Gasteiger partial charge in [0.05, 0.1) is 27.0 Å². The van der Waals surface area contributed by atoms with E-state index in [4.69, 9.17) is 19.1 Å². The van der Waals surface area contributed by atoms with Crippen molar-refractivity contribution < 1.29 is 12.3 Å². The van der Waals surface area contributed by atoms with E-state index in [9.17, 15) is 4.79 Å². The Kier molecular flexibility index (Phi) is 5.02. The van der Waals surface area contributed by atoms with E-state index in [-0.39, 0.29) is 12.1 Å². The van der Waals surface area contributed by atoms with Crippen LogP contribution in [0.2, 0.25) is 0 Å². The molecule has 0 amide bonds. The Bertz CT molecular complexity index is 699. The molecule has 1 aromatic carbocycles. The molecule has 0 fully saturated rings. The quantitative estimate of drug-likeness (QED) is 0.575. The maximum absolute atomic E-state index is 11.5. The van der Waals surface area contributed by atoms with Crippen LogP contribution in [0.1, 0.15) is 49.9 Å². The normalized spacial score (nSPS) is 13.4. The molecule has 1 unspecified atom stereocenters. The number of carbonyl (C=O) groups excluding carboxylic acids is 1. The molecule has 1 aromatic heterocycles. The first-order valence-corrected chi connectivity index (χ1v) is 7.71. The van der Waals surface area contributed by atoms with E-state index < -0.39 is 5.86 Å². The predicted octanol–water partition coefficient (Wildman–Crippen LogP) is 3.80. The van der Waals surface area contributed by atoms with Gasteiger partial charge in [-0.3, -0.25) is 0 Å². The number of hydrogen-bond donors (Lipinski definition) is 0. The van der Waals surface area contributed by atoms with Gasteiger partial charge in [-0.25, -0.2) is 9.78 Å². The molecule has 22 heavy (non-hydrogen) atoms. The third kappa shape index (κ3) is 3.89. The molecule has 1 heterocycles. The minimum Gasteiger partial charge on any atom is -0.465 e. The Labute approximate surface area is 138 Å².